The number of benzene rings is 2. The number of halogens is 5. The van der Waals surface area contributed by atoms with Crippen LogP contribution in [0.25, 0.3) is 16.7 Å². The van der Waals surface area contributed by atoms with Crippen molar-refractivity contribution in [3.63, 3.8) is 0 Å². The minimum Gasteiger partial charge on any atom is -0.459 e. The van der Waals surface area contributed by atoms with E-state index in [0.717, 1.165) is 16.7 Å². The fraction of sp³-hybridized carbons (Fsp3) is 0.240. The number of nitrogens with zero attached hydrogens (tertiary/aromatic N) is 4. The van der Waals surface area contributed by atoms with Crippen molar-refractivity contribution in [1.82, 2.24) is 14.5 Å². The van der Waals surface area contributed by atoms with Crippen molar-refractivity contribution in [1.29, 1.82) is 0 Å². The predicted octanol–water partition coefficient (Wildman–Crippen LogP) is 6.28. The Labute approximate surface area is 232 Å². The molecule has 0 fully saturated rings. The molecule has 2 aromatic heterocycles. The molecule has 4 rings (SSSR count). The van der Waals surface area contributed by atoms with E-state index in [1.807, 2.05) is 0 Å². The highest BCUT2D eigenvalue weighted by Gasteiger charge is 2.33. The first-order valence-electron chi connectivity index (χ1n) is 11.3. The molecule has 0 spiro atoms. The number of ether oxygens (including phenoxy) is 1. The van der Waals surface area contributed by atoms with Gasteiger partial charge < -0.3 is 9.30 Å². The van der Waals surface area contributed by atoms with Crippen molar-refractivity contribution in [2.45, 2.75) is 37.4 Å². The smallest absolute Gasteiger partial charge is 0.433 e. The number of fused-ring (bicyclic) bond motifs is 1. The quantitative estimate of drug-likeness (QED) is 0.242. The molecule has 0 amide bonds. The Kier molecular flexibility index (Phi) is 7.58. The van der Waals surface area contributed by atoms with Crippen LogP contribution in [0.4, 0.5) is 18.9 Å². The Morgan fingerprint density at radius 3 is 2.28 bits per heavy atom. The minimum absolute atomic E-state index is 0.0353. The van der Waals surface area contributed by atoms with Gasteiger partial charge in [0.05, 0.1) is 16.1 Å². The van der Waals surface area contributed by atoms with E-state index in [1.165, 1.54) is 47.2 Å². The summed E-state index contributed by atoms with van der Waals surface area (Å²) < 4.78 is 74.5. The zero-order valence-electron chi connectivity index (χ0n) is 20.7. The average Bonchev–Trinajstić information content (AvgIpc) is 3.23. The first kappa shape index (κ1) is 28.7. The maximum Gasteiger partial charge on any atom is 0.433 e. The Hall–Kier alpha value is -3.35. The SMILES string of the molecule is CC(C)(C)OC(=O)CN(c1ccc2c(ccn2-c2cc(C(F)(F)F)ncn2)c1)S(=O)(=O)c1cc(Cl)cc(Cl)c1. The molecule has 0 saturated carbocycles. The van der Waals surface area contributed by atoms with Crippen LogP contribution in [0.15, 0.2) is 66.0 Å². The zero-order chi connectivity index (χ0) is 28.8. The second-order valence-corrected chi connectivity index (χ2v) is 12.1. The monoisotopic (exact) mass is 600 g/mol. The summed E-state index contributed by atoms with van der Waals surface area (Å²) in [7, 11) is -4.37. The maximum atomic E-state index is 13.7. The largest absolute Gasteiger partial charge is 0.459 e. The standard InChI is InChI=1S/C25H21Cl2F3N4O4S/c1-24(2,3)38-23(35)13-34(39(36,37)19-10-16(26)9-17(27)11-19)18-4-5-20-15(8-18)6-7-33(20)22-12-21(25(28,29)30)31-14-32-22/h4-12,14H,13H2,1-3H3. The van der Waals surface area contributed by atoms with Crippen LogP contribution in [0.1, 0.15) is 26.5 Å². The summed E-state index contributed by atoms with van der Waals surface area (Å²) in [5, 5.41) is 0.621. The molecule has 0 radical (unpaired) electrons. The van der Waals surface area contributed by atoms with Gasteiger partial charge in [0.1, 0.15) is 30.0 Å². The lowest BCUT2D eigenvalue weighted by atomic mass is 10.2. The predicted molar refractivity (Wildman–Crippen MR) is 141 cm³/mol. The molecule has 0 atom stereocenters. The maximum absolute atomic E-state index is 13.7. The van der Waals surface area contributed by atoms with Crippen LogP contribution >= 0.6 is 23.2 Å². The highest BCUT2D eigenvalue weighted by atomic mass is 35.5. The van der Waals surface area contributed by atoms with Gasteiger partial charge in [-0.15, -0.1) is 0 Å². The van der Waals surface area contributed by atoms with Crippen LogP contribution < -0.4 is 4.31 Å². The van der Waals surface area contributed by atoms with Gasteiger partial charge in [0, 0.05) is 27.7 Å². The number of hydrogen-bond donors (Lipinski definition) is 0. The minimum atomic E-state index is -4.66. The molecule has 2 aromatic carbocycles. The molecule has 0 N–H and O–H groups in total. The van der Waals surface area contributed by atoms with Crippen LogP contribution in [0.3, 0.4) is 0 Å². The zero-order valence-corrected chi connectivity index (χ0v) is 23.0. The molecule has 0 aliphatic rings. The van der Waals surface area contributed by atoms with Crippen molar-refractivity contribution in [2.75, 3.05) is 10.8 Å². The molecule has 39 heavy (non-hydrogen) atoms. The fourth-order valence-electron chi connectivity index (χ4n) is 3.73. The molecule has 0 bridgehead atoms. The number of anilines is 1. The van der Waals surface area contributed by atoms with Crippen LogP contribution in [0.5, 0.6) is 0 Å². The summed E-state index contributed by atoms with van der Waals surface area (Å²) in [5.41, 5.74) is -1.45. The van der Waals surface area contributed by atoms with Crippen LogP contribution in [0, 0.1) is 0 Å². The van der Waals surface area contributed by atoms with Gasteiger partial charge in [-0.05, 0) is 63.2 Å². The molecule has 206 valence electrons. The number of sulfonamides is 1. The van der Waals surface area contributed by atoms with Crippen molar-refractivity contribution in [3.05, 3.63) is 76.8 Å². The number of alkyl halides is 3. The Bertz CT molecular complexity index is 1650. The lowest BCUT2D eigenvalue weighted by Crippen LogP contribution is -2.39. The molecule has 0 unspecified atom stereocenters. The lowest BCUT2D eigenvalue weighted by Gasteiger charge is -2.26. The van der Waals surface area contributed by atoms with Crippen molar-refractivity contribution >= 4 is 55.8 Å². The summed E-state index contributed by atoms with van der Waals surface area (Å²) >= 11 is 12.1. The van der Waals surface area contributed by atoms with E-state index in [9.17, 15) is 26.4 Å². The first-order chi connectivity index (χ1) is 18.0. The number of carbonyl (C=O) groups excluding carboxylic acids is 1. The number of aromatic nitrogens is 3. The summed E-state index contributed by atoms with van der Waals surface area (Å²) in [6.07, 6.45) is -2.36. The third kappa shape index (κ3) is 6.45. The van der Waals surface area contributed by atoms with Crippen molar-refractivity contribution in [2.24, 2.45) is 0 Å². The Morgan fingerprint density at radius 2 is 1.67 bits per heavy atom. The van der Waals surface area contributed by atoms with Gasteiger partial charge in [0.2, 0.25) is 0 Å². The van der Waals surface area contributed by atoms with Gasteiger partial charge in [0.25, 0.3) is 10.0 Å². The van der Waals surface area contributed by atoms with Gasteiger partial charge in [-0.1, -0.05) is 23.2 Å². The molecule has 0 aliphatic heterocycles. The number of carbonyl (C=O) groups is 1. The topological polar surface area (TPSA) is 94.4 Å². The first-order valence-corrected chi connectivity index (χ1v) is 13.5. The normalized spacial score (nSPS) is 12.5. The molecular weight excluding hydrogens is 580 g/mol. The van der Waals surface area contributed by atoms with Crippen LogP contribution in [-0.2, 0) is 25.7 Å². The summed E-state index contributed by atoms with van der Waals surface area (Å²) in [6.45, 7) is 4.27. The Balaban J connectivity index is 1.80. The molecule has 2 heterocycles. The van der Waals surface area contributed by atoms with Gasteiger partial charge in [-0.2, -0.15) is 13.2 Å². The Morgan fingerprint density at radius 1 is 1.00 bits per heavy atom. The van der Waals surface area contributed by atoms with E-state index in [2.05, 4.69) is 9.97 Å². The molecule has 0 saturated heterocycles. The molecule has 8 nitrogen and oxygen atoms in total. The molecule has 14 heteroatoms. The van der Waals surface area contributed by atoms with Crippen molar-refractivity contribution in [3.8, 4) is 5.82 Å². The lowest BCUT2D eigenvalue weighted by molar-refractivity contribution is -0.152. The van der Waals surface area contributed by atoms with E-state index in [4.69, 9.17) is 27.9 Å². The number of hydrogen-bond acceptors (Lipinski definition) is 6. The van der Waals surface area contributed by atoms with E-state index >= 15 is 0 Å². The van der Waals surface area contributed by atoms with Gasteiger partial charge in [0.15, 0.2) is 0 Å². The second-order valence-electron chi connectivity index (χ2n) is 9.39. The highest BCUT2D eigenvalue weighted by Crippen LogP contribution is 2.32. The van der Waals surface area contributed by atoms with Crippen LogP contribution in [-0.4, -0.2) is 41.1 Å². The number of rotatable bonds is 6. The van der Waals surface area contributed by atoms with Gasteiger partial charge in [-0.25, -0.2) is 18.4 Å². The number of esters is 1. The van der Waals surface area contributed by atoms with E-state index < -0.39 is 40.0 Å². The third-order valence-corrected chi connectivity index (χ3v) is 7.46. The summed E-state index contributed by atoms with van der Waals surface area (Å²) in [5.74, 6) is -0.843. The second kappa shape index (κ2) is 10.3. The van der Waals surface area contributed by atoms with E-state index in [1.54, 1.807) is 26.8 Å². The average molecular weight is 601 g/mol. The molecular formula is C25H21Cl2F3N4O4S. The highest BCUT2D eigenvalue weighted by molar-refractivity contribution is 7.92. The summed E-state index contributed by atoms with van der Waals surface area (Å²) in [4.78, 5) is 19.7. The van der Waals surface area contributed by atoms with Crippen molar-refractivity contribution < 1.29 is 31.1 Å². The van der Waals surface area contributed by atoms with Gasteiger partial charge >= 0.3 is 12.1 Å². The fourth-order valence-corrected chi connectivity index (χ4v) is 5.86. The summed E-state index contributed by atoms with van der Waals surface area (Å²) in [6, 6.07) is 10.5. The van der Waals surface area contributed by atoms with Gasteiger partial charge in [-0.3, -0.25) is 9.10 Å². The van der Waals surface area contributed by atoms with E-state index in [-0.39, 0.29) is 26.4 Å². The van der Waals surface area contributed by atoms with Crippen LogP contribution in [0.2, 0.25) is 10.0 Å². The third-order valence-electron chi connectivity index (χ3n) is 5.27. The van der Waals surface area contributed by atoms with E-state index in [0.29, 0.717) is 10.9 Å². The molecule has 0 aliphatic carbocycles. The molecule has 4 aromatic rings.